The molecular weight excluding hydrogens is 370 g/mol. The minimum absolute atomic E-state index is 0. The molecule has 0 aliphatic rings. The summed E-state index contributed by atoms with van der Waals surface area (Å²) in [5.41, 5.74) is 3.50. The Hall–Kier alpha value is -2.02. The van der Waals surface area contributed by atoms with Crippen molar-refractivity contribution in [1.82, 2.24) is 14.9 Å². The number of nitrogens with one attached hydrogen (secondary N) is 1. The van der Waals surface area contributed by atoms with E-state index in [-0.39, 0.29) is 25.4 Å². The molecule has 5 nitrogen and oxygen atoms in total. The van der Waals surface area contributed by atoms with Crippen molar-refractivity contribution in [2.45, 2.75) is 19.5 Å². The molecule has 1 amide bonds. The van der Waals surface area contributed by atoms with Gasteiger partial charge in [0.2, 0.25) is 0 Å². The first-order valence-corrected chi connectivity index (χ1v) is 8.44. The molecule has 0 aliphatic heterocycles. The molecular formula is C19H22ClN3O2S. The summed E-state index contributed by atoms with van der Waals surface area (Å²) in [5, 5.41) is 3.62. The topological polar surface area (TPSA) is 56.1 Å². The van der Waals surface area contributed by atoms with Gasteiger partial charge in [0.1, 0.15) is 0 Å². The van der Waals surface area contributed by atoms with Gasteiger partial charge < -0.3 is 14.6 Å². The fourth-order valence-corrected chi connectivity index (χ4v) is 2.84. The van der Waals surface area contributed by atoms with Crippen LogP contribution in [0.15, 0.2) is 48.8 Å². The molecule has 26 heavy (non-hydrogen) atoms. The van der Waals surface area contributed by atoms with E-state index in [1.807, 2.05) is 54.0 Å². The lowest BCUT2D eigenvalue weighted by Crippen LogP contribution is -2.35. The first-order valence-electron chi connectivity index (χ1n) is 8.06. The lowest BCUT2D eigenvalue weighted by atomic mass is 10.1. The maximum atomic E-state index is 12.3. The van der Waals surface area contributed by atoms with Crippen LogP contribution in [0.1, 0.15) is 22.8 Å². The van der Waals surface area contributed by atoms with Gasteiger partial charge in [-0.2, -0.15) is 13.5 Å². The Morgan fingerprint density at radius 3 is 2.69 bits per heavy atom. The van der Waals surface area contributed by atoms with E-state index < -0.39 is 0 Å². The average Bonchev–Trinajstić information content (AvgIpc) is 2.99. The zero-order valence-corrected chi connectivity index (χ0v) is 16.5. The van der Waals surface area contributed by atoms with Gasteiger partial charge in [-0.15, -0.1) is 0 Å². The van der Waals surface area contributed by atoms with Crippen molar-refractivity contribution in [1.29, 1.82) is 0 Å². The fourth-order valence-electron chi connectivity index (χ4n) is 2.72. The number of fused-ring (bicyclic) bond motifs is 1. The lowest BCUT2D eigenvalue weighted by Gasteiger charge is -2.12. The number of carbonyl (C=O) groups is 1. The zero-order valence-electron chi connectivity index (χ0n) is 14.7. The number of benzene rings is 2. The van der Waals surface area contributed by atoms with Gasteiger partial charge in [0.05, 0.1) is 24.0 Å². The van der Waals surface area contributed by atoms with Crippen LogP contribution in [0.2, 0.25) is 5.02 Å². The number of carbonyl (C=O) groups excluding carboxylic acids is 1. The number of methoxy groups -OCH3 is 1. The molecule has 0 radical (unpaired) electrons. The maximum absolute atomic E-state index is 12.3. The highest BCUT2D eigenvalue weighted by Crippen LogP contribution is 2.18. The van der Waals surface area contributed by atoms with Crippen LogP contribution >= 0.6 is 25.1 Å². The second kappa shape index (κ2) is 9.07. The molecule has 1 atom stereocenters. The van der Waals surface area contributed by atoms with Gasteiger partial charge in [0.25, 0.3) is 5.91 Å². The highest BCUT2D eigenvalue weighted by Gasteiger charge is 2.12. The molecule has 0 bridgehead atoms. The third-order valence-corrected chi connectivity index (χ3v) is 4.20. The van der Waals surface area contributed by atoms with Crippen molar-refractivity contribution >= 4 is 42.0 Å². The minimum atomic E-state index is -0.126. The number of rotatable bonds is 6. The van der Waals surface area contributed by atoms with Gasteiger partial charge in [0.15, 0.2) is 0 Å². The number of hydrogen-bond acceptors (Lipinski definition) is 3. The van der Waals surface area contributed by atoms with Gasteiger partial charge in [-0.3, -0.25) is 4.79 Å². The molecule has 3 aromatic rings. The van der Waals surface area contributed by atoms with Crippen LogP contribution in [0, 0.1) is 0 Å². The third kappa shape index (κ3) is 4.78. The standard InChI is InChI=1S/C19H20ClN3O2.H2S/c1-13(11-25-2)22-19(24)15-5-8-18-17(9-15)21-12-23(18)10-14-3-6-16(20)7-4-14;/h3-9,12-13H,10-11H2,1-2H3,(H,22,24);1H2/t13-;/m0./s1. The highest BCUT2D eigenvalue weighted by molar-refractivity contribution is 7.59. The number of halogens is 1. The second-order valence-corrected chi connectivity index (χ2v) is 6.47. The number of imidazole rings is 1. The summed E-state index contributed by atoms with van der Waals surface area (Å²) in [6, 6.07) is 13.2. The lowest BCUT2D eigenvalue weighted by molar-refractivity contribution is 0.0905. The van der Waals surface area contributed by atoms with Crippen LogP contribution in [0.4, 0.5) is 0 Å². The van der Waals surface area contributed by atoms with E-state index in [1.165, 1.54) is 0 Å². The van der Waals surface area contributed by atoms with E-state index in [0.717, 1.165) is 21.6 Å². The van der Waals surface area contributed by atoms with Crippen LogP contribution in [0.25, 0.3) is 11.0 Å². The number of amides is 1. The predicted molar refractivity (Wildman–Crippen MR) is 109 cm³/mol. The van der Waals surface area contributed by atoms with Crippen LogP contribution in [0.3, 0.4) is 0 Å². The van der Waals surface area contributed by atoms with Crippen LogP contribution in [-0.4, -0.2) is 35.2 Å². The Morgan fingerprint density at radius 1 is 1.27 bits per heavy atom. The molecule has 0 fully saturated rings. The van der Waals surface area contributed by atoms with E-state index >= 15 is 0 Å². The van der Waals surface area contributed by atoms with Gasteiger partial charge in [-0.25, -0.2) is 4.98 Å². The van der Waals surface area contributed by atoms with Gasteiger partial charge in [-0.05, 0) is 42.8 Å². The Kier molecular flexibility index (Phi) is 7.08. The Balaban J connectivity index is 0.00000243. The normalized spacial score (nSPS) is 11.8. The molecule has 7 heteroatoms. The first-order chi connectivity index (χ1) is 12.1. The molecule has 2 aromatic carbocycles. The fraction of sp³-hybridized carbons (Fsp3) is 0.263. The molecule has 0 saturated heterocycles. The molecule has 3 rings (SSSR count). The Bertz CT molecular complexity index is 880. The van der Waals surface area contributed by atoms with Crippen molar-refractivity contribution < 1.29 is 9.53 Å². The van der Waals surface area contributed by atoms with E-state index in [1.54, 1.807) is 13.4 Å². The SMILES string of the molecule is COC[C@H](C)NC(=O)c1ccc2c(c1)ncn2Cc1ccc(Cl)cc1.S. The molecule has 1 aromatic heterocycles. The van der Waals surface area contributed by atoms with E-state index in [0.29, 0.717) is 18.7 Å². The monoisotopic (exact) mass is 391 g/mol. The molecule has 0 spiro atoms. The average molecular weight is 392 g/mol. The summed E-state index contributed by atoms with van der Waals surface area (Å²) in [4.78, 5) is 16.7. The molecule has 1 N–H and O–H groups in total. The molecule has 138 valence electrons. The zero-order chi connectivity index (χ0) is 17.8. The van der Waals surface area contributed by atoms with Crippen LogP contribution < -0.4 is 5.32 Å². The Labute approximate surface area is 164 Å². The predicted octanol–water partition coefficient (Wildman–Crippen LogP) is 3.62. The number of ether oxygens (including phenoxy) is 1. The van der Waals surface area contributed by atoms with Crippen LogP contribution in [0.5, 0.6) is 0 Å². The van der Waals surface area contributed by atoms with E-state index in [2.05, 4.69) is 10.3 Å². The van der Waals surface area contributed by atoms with Crippen molar-refractivity contribution in [3.8, 4) is 0 Å². The van der Waals surface area contributed by atoms with Crippen molar-refractivity contribution in [3.05, 3.63) is 64.9 Å². The number of hydrogen-bond donors (Lipinski definition) is 1. The highest BCUT2D eigenvalue weighted by atomic mass is 35.5. The summed E-state index contributed by atoms with van der Waals surface area (Å²) >= 11 is 5.93. The maximum Gasteiger partial charge on any atom is 0.251 e. The van der Waals surface area contributed by atoms with Crippen molar-refractivity contribution in [2.75, 3.05) is 13.7 Å². The quantitative estimate of drug-likeness (QED) is 0.698. The van der Waals surface area contributed by atoms with Crippen molar-refractivity contribution in [3.63, 3.8) is 0 Å². The first kappa shape index (κ1) is 20.3. The van der Waals surface area contributed by atoms with Crippen molar-refractivity contribution in [2.24, 2.45) is 0 Å². The third-order valence-electron chi connectivity index (χ3n) is 3.94. The number of aromatic nitrogens is 2. The smallest absolute Gasteiger partial charge is 0.251 e. The largest absolute Gasteiger partial charge is 0.383 e. The Morgan fingerprint density at radius 2 is 2.00 bits per heavy atom. The van der Waals surface area contributed by atoms with Crippen LogP contribution in [-0.2, 0) is 11.3 Å². The summed E-state index contributed by atoms with van der Waals surface area (Å²) in [5.74, 6) is -0.126. The van der Waals surface area contributed by atoms with Gasteiger partial charge in [-0.1, -0.05) is 23.7 Å². The molecule has 0 saturated carbocycles. The summed E-state index contributed by atoms with van der Waals surface area (Å²) in [6.45, 7) is 3.08. The molecule has 0 unspecified atom stereocenters. The van der Waals surface area contributed by atoms with Gasteiger partial charge >= 0.3 is 0 Å². The van der Waals surface area contributed by atoms with E-state index in [4.69, 9.17) is 16.3 Å². The number of nitrogens with zero attached hydrogens (tertiary/aromatic N) is 2. The summed E-state index contributed by atoms with van der Waals surface area (Å²) < 4.78 is 7.09. The summed E-state index contributed by atoms with van der Waals surface area (Å²) in [7, 11) is 1.61. The van der Waals surface area contributed by atoms with E-state index in [9.17, 15) is 4.79 Å². The summed E-state index contributed by atoms with van der Waals surface area (Å²) in [6.07, 6.45) is 1.79. The minimum Gasteiger partial charge on any atom is -0.383 e. The second-order valence-electron chi connectivity index (χ2n) is 6.03. The molecule has 0 aliphatic carbocycles. The van der Waals surface area contributed by atoms with Gasteiger partial charge in [0, 0.05) is 30.3 Å². The molecule has 1 heterocycles.